The highest BCUT2D eigenvalue weighted by atomic mass is 16.4. The van der Waals surface area contributed by atoms with Crippen molar-refractivity contribution in [2.75, 3.05) is 19.6 Å². The first kappa shape index (κ1) is 12.9. The molecule has 0 saturated heterocycles. The van der Waals surface area contributed by atoms with Crippen LogP contribution < -0.4 is 0 Å². The molecule has 0 aliphatic rings. The molecule has 1 unspecified atom stereocenters. The monoisotopic (exact) mass is 199 g/mol. The van der Waals surface area contributed by atoms with Crippen LogP contribution in [-0.4, -0.2) is 41.2 Å². The molecular weight excluding hydrogens is 180 g/mol. The fourth-order valence-electron chi connectivity index (χ4n) is 1.93. The minimum atomic E-state index is -0.864. The Bertz CT molecular complexity index is 221. The smallest absolute Gasteiger partial charge is 0.363 e. The maximum Gasteiger partial charge on any atom is 0.363 e. The predicted molar refractivity (Wildman–Crippen MR) is 53.5 cm³/mol. The molecule has 1 atom stereocenters. The minimum absolute atomic E-state index is 0.0881. The lowest BCUT2D eigenvalue weighted by atomic mass is 10.1. The second-order valence-corrected chi connectivity index (χ2v) is 3.38. The van der Waals surface area contributed by atoms with E-state index in [9.17, 15) is 4.79 Å². The van der Waals surface area contributed by atoms with Crippen LogP contribution in [0.3, 0.4) is 0 Å². The first-order valence-corrected chi connectivity index (χ1v) is 5.03. The molecule has 0 fully saturated rings. The highest BCUT2D eigenvalue weighted by Crippen LogP contribution is 2.16. The molecule has 80 valence electrons. The number of rotatable bonds is 6. The Hall–Kier alpha value is -1.08. The molecule has 0 aromatic carbocycles. The Morgan fingerprint density at radius 3 is 2.00 bits per heavy atom. The van der Waals surface area contributed by atoms with Gasteiger partial charge in [-0.05, 0) is 20.8 Å². The van der Waals surface area contributed by atoms with Crippen LogP contribution in [0.2, 0.25) is 0 Å². The van der Waals surface area contributed by atoms with Gasteiger partial charge in [0.05, 0.1) is 32.1 Å². The van der Waals surface area contributed by atoms with Gasteiger partial charge in [0, 0.05) is 0 Å². The molecule has 14 heavy (non-hydrogen) atoms. The summed E-state index contributed by atoms with van der Waals surface area (Å²) in [6.45, 7) is 8.18. The molecule has 0 saturated carbocycles. The van der Waals surface area contributed by atoms with Crippen molar-refractivity contribution in [2.24, 2.45) is 0 Å². The highest BCUT2D eigenvalue weighted by Gasteiger charge is 2.37. The molecule has 0 aromatic heterocycles. The Morgan fingerprint density at radius 1 is 1.36 bits per heavy atom. The zero-order valence-electron chi connectivity index (χ0n) is 9.16. The van der Waals surface area contributed by atoms with Crippen LogP contribution in [0.1, 0.15) is 27.2 Å². The lowest BCUT2D eigenvalue weighted by molar-refractivity contribution is -0.938. The third-order valence-electron chi connectivity index (χ3n) is 3.12. The standard InChI is InChI=1S/C10H18N2O2/c1-4-12(5-2,6-3)9(7-8-11)10(13)14/h9H,4-7H2,1-3H3/p+1. The van der Waals surface area contributed by atoms with Crippen molar-refractivity contribution in [1.29, 1.82) is 5.26 Å². The van der Waals surface area contributed by atoms with E-state index in [0.717, 1.165) is 19.6 Å². The van der Waals surface area contributed by atoms with Gasteiger partial charge in [-0.15, -0.1) is 0 Å². The van der Waals surface area contributed by atoms with E-state index >= 15 is 0 Å². The molecule has 4 nitrogen and oxygen atoms in total. The molecule has 0 aromatic rings. The number of carboxylic acid groups (broad SMARTS) is 1. The number of aliphatic carboxylic acids is 1. The molecule has 0 aliphatic carbocycles. The van der Waals surface area contributed by atoms with Crippen LogP contribution in [-0.2, 0) is 4.79 Å². The molecule has 0 spiro atoms. The SMILES string of the molecule is CC[N+](CC)(CC)C(CC#N)C(=O)O. The Morgan fingerprint density at radius 2 is 1.79 bits per heavy atom. The minimum Gasteiger partial charge on any atom is -0.477 e. The number of hydrogen-bond acceptors (Lipinski definition) is 2. The number of hydrogen-bond donors (Lipinski definition) is 1. The van der Waals surface area contributed by atoms with Crippen LogP contribution in [0, 0.1) is 11.3 Å². The molecule has 0 aliphatic heterocycles. The van der Waals surface area contributed by atoms with Crippen molar-refractivity contribution < 1.29 is 14.4 Å². The fraction of sp³-hybridized carbons (Fsp3) is 0.800. The number of carboxylic acids is 1. The van der Waals surface area contributed by atoms with Gasteiger partial charge in [-0.25, -0.2) is 4.79 Å². The lowest BCUT2D eigenvalue weighted by Crippen LogP contribution is -2.58. The van der Waals surface area contributed by atoms with Crippen LogP contribution >= 0.6 is 0 Å². The first-order chi connectivity index (χ1) is 6.57. The third kappa shape index (κ3) is 2.46. The Labute approximate surface area is 85.3 Å². The normalized spacial score (nSPS) is 13.3. The van der Waals surface area contributed by atoms with Gasteiger partial charge < -0.3 is 9.59 Å². The second-order valence-electron chi connectivity index (χ2n) is 3.38. The van der Waals surface area contributed by atoms with Gasteiger partial charge in [-0.2, -0.15) is 5.26 Å². The number of carbonyl (C=O) groups is 1. The van der Waals surface area contributed by atoms with Crippen molar-refractivity contribution in [1.82, 2.24) is 0 Å². The van der Waals surface area contributed by atoms with Gasteiger partial charge in [0.25, 0.3) is 0 Å². The summed E-state index contributed by atoms with van der Waals surface area (Å²) in [5.74, 6) is -0.864. The number of quaternary nitrogens is 1. The van der Waals surface area contributed by atoms with Crippen LogP contribution in [0.5, 0.6) is 0 Å². The highest BCUT2D eigenvalue weighted by molar-refractivity contribution is 5.72. The van der Waals surface area contributed by atoms with E-state index in [1.165, 1.54) is 0 Å². The second kappa shape index (κ2) is 5.61. The zero-order valence-corrected chi connectivity index (χ0v) is 9.16. The topological polar surface area (TPSA) is 61.1 Å². The maximum absolute atomic E-state index is 11.0. The number of likely N-dealkylation sites (N-methyl/N-ethyl adjacent to an activating group) is 1. The van der Waals surface area contributed by atoms with Gasteiger partial charge in [0.15, 0.2) is 0 Å². The summed E-state index contributed by atoms with van der Waals surface area (Å²) in [5, 5.41) is 17.7. The van der Waals surface area contributed by atoms with Gasteiger partial charge >= 0.3 is 5.97 Å². The van der Waals surface area contributed by atoms with Crippen molar-refractivity contribution in [3.8, 4) is 6.07 Å². The summed E-state index contributed by atoms with van der Waals surface area (Å²) in [5.41, 5.74) is 0. The average Bonchev–Trinajstić information content (AvgIpc) is 2.19. The average molecular weight is 199 g/mol. The first-order valence-electron chi connectivity index (χ1n) is 5.03. The van der Waals surface area contributed by atoms with E-state index in [1.54, 1.807) is 0 Å². The van der Waals surface area contributed by atoms with Crippen molar-refractivity contribution >= 4 is 5.97 Å². The fourth-order valence-corrected chi connectivity index (χ4v) is 1.93. The van der Waals surface area contributed by atoms with E-state index in [4.69, 9.17) is 10.4 Å². The zero-order chi connectivity index (χ0) is 11.2. The van der Waals surface area contributed by atoms with Crippen LogP contribution in [0.4, 0.5) is 0 Å². The van der Waals surface area contributed by atoms with Crippen LogP contribution in [0.25, 0.3) is 0 Å². The van der Waals surface area contributed by atoms with E-state index in [2.05, 4.69) is 0 Å². The van der Waals surface area contributed by atoms with Crippen molar-refractivity contribution in [2.45, 2.75) is 33.2 Å². The van der Waals surface area contributed by atoms with Crippen molar-refractivity contribution in [3.05, 3.63) is 0 Å². The molecule has 0 rings (SSSR count). The van der Waals surface area contributed by atoms with Gasteiger partial charge in [-0.1, -0.05) is 0 Å². The molecule has 4 heteroatoms. The summed E-state index contributed by atoms with van der Waals surface area (Å²) >= 11 is 0. The summed E-state index contributed by atoms with van der Waals surface area (Å²) < 4.78 is 0.489. The quantitative estimate of drug-likeness (QED) is 0.654. The number of nitrogens with zero attached hydrogens (tertiary/aromatic N) is 2. The largest absolute Gasteiger partial charge is 0.477 e. The van der Waals surface area contributed by atoms with E-state index in [1.807, 2.05) is 26.8 Å². The molecule has 1 N–H and O–H groups in total. The summed E-state index contributed by atoms with van der Waals surface area (Å²) in [6.07, 6.45) is 0.0881. The molecule has 0 bridgehead atoms. The Kier molecular flexibility index (Phi) is 5.18. The molecule has 0 radical (unpaired) electrons. The van der Waals surface area contributed by atoms with Gasteiger partial charge in [0.1, 0.15) is 0 Å². The van der Waals surface area contributed by atoms with Gasteiger partial charge in [0.2, 0.25) is 6.04 Å². The van der Waals surface area contributed by atoms with Gasteiger partial charge in [-0.3, -0.25) is 0 Å². The van der Waals surface area contributed by atoms with E-state index < -0.39 is 12.0 Å². The third-order valence-corrected chi connectivity index (χ3v) is 3.12. The van der Waals surface area contributed by atoms with E-state index in [0.29, 0.717) is 4.48 Å². The summed E-state index contributed by atoms with van der Waals surface area (Å²) in [7, 11) is 0. The van der Waals surface area contributed by atoms with Crippen molar-refractivity contribution in [3.63, 3.8) is 0 Å². The lowest BCUT2D eigenvalue weighted by Gasteiger charge is -2.39. The molecule has 0 heterocycles. The number of nitriles is 1. The molecular formula is C10H19N2O2+. The van der Waals surface area contributed by atoms with Crippen LogP contribution in [0.15, 0.2) is 0 Å². The Balaban J connectivity index is 4.91. The summed E-state index contributed by atoms with van der Waals surface area (Å²) in [6, 6.07) is 1.38. The predicted octanol–water partition coefficient (Wildman–Crippen LogP) is 1.23. The maximum atomic E-state index is 11.0. The molecule has 0 amide bonds. The van der Waals surface area contributed by atoms with E-state index in [-0.39, 0.29) is 6.42 Å². The summed E-state index contributed by atoms with van der Waals surface area (Å²) in [4.78, 5) is 11.0.